The summed E-state index contributed by atoms with van der Waals surface area (Å²) in [6.07, 6.45) is 3.66. The molecule has 0 unspecified atom stereocenters. The van der Waals surface area contributed by atoms with E-state index in [9.17, 15) is 13.2 Å². The van der Waals surface area contributed by atoms with Crippen molar-refractivity contribution in [2.75, 3.05) is 11.4 Å². The molecule has 5 aromatic rings. The molecule has 0 aliphatic carbocycles. The molecule has 0 aromatic carbocycles. The van der Waals surface area contributed by atoms with Crippen LogP contribution in [0.3, 0.4) is 0 Å². The number of nitrogens with one attached hydrogen (secondary N) is 1. The maximum atomic E-state index is 13.6. The molecule has 1 aliphatic rings. The first kappa shape index (κ1) is 19.4. The number of H-pyrrole nitrogens is 1. The summed E-state index contributed by atoms with van der Waals surface area (Å²) in [5.74, 6) is 0.180. The van der Waals surface area contributed by atoms with Crippen LogP contribution in [-0.2, 0) is 12.6 Å². The van der Waals surface area contributed by atoms with Crippen LogP contribution in [0.5, 0.6) is 0 Å². The smallest absolute Gasteiger partial charge is 0.401 e. The fourth-order valence-corrected chi connectivity index (χ4v) is 4.03. The molecule has 0 saturated carbocycles. The Kier molecular flexibility index (Phi) is 4.18. The third kappa shape index (κ3) is 3.20. The lowest BCUT2D eigenvalue weighted by molar-refractivity contribution is -0.136. The van der Waals surface area contributed by atoms with Crippen LogP contribution in [0, 0.1) is 0 Å². The monoisotopic (exact) mass is 453 g/mol. The van der Waals surface area contributed by atoms with Gasteiger partial charge in [-0.2, -0.15) is 18.3 Å². The van der Waals surface area contributed by atoms with Crippen molar-refractivity contribution in [2.24, 2.45) is 0 Å². The van der Waals surface area contributed by atoms with E-state index in [0.29, 0.717) is 30.0 Å². The van der Waals surface area contributed by atoms with Crippen molar-refractivity contribution in [1.82, 2.24) is 39.7 Å². The van der Waals surface area contributed by atoms with E-state index in [1.54, 1.807) is 11.2 Å². The summed E-state index contributed by atoms with van der Waals surface area (Å²) in [6, 6.07) is 3.32. The van der Waals surface area contributed by atoms with E-state index >= 15 is 0 Å². The first-order chi connectivity index (χ1) is 16.0. The summed E-state index contributed by atoms with van der Waals surface area (Å²) < 4.78 is 47.7. The Morgan fingerprint density at radius 3 is 2.88 bits per heavy atom. The van der Waals surface area contributed by atoms with Gasteiger partial charge in [-0.3, -0.25) is 4.98 Å². The number of hydrogen-bond acceptors (Lipinski definition) is 8. The maximum Gasteiger partial charge on any atom is 0.418 e. The summed E-state index contributed by atoms with van der Waals surface area (Å²) in [5.41, 5.74) is 1.48. The van der Waals surface area contributed by atoms with E-state index in [2.05, 4.69) is 35.2 Å². The highest BCUT2D eigenvalue weighted by Crippen LogP contribution is 2.38. The largest absolute Gasteiger partial charge is 0.418 e. The number of nitrogens with zero attached hydrogens (tertiary/aromatic N) is 8. The number of alkyl halides is 3. The summed E-state index contributed by atoms with van der Waals surface area (Å²) >= 11 is 0. The second-order valence-electron chi connectivity index (χ2n) is 7.41. The third-order valence-electron chi connectivity index (χ3n) is 5.47. The SMILES string of the molecule is FC(F)(F)c1cccn2nc([C@@H]3c4nc[nH]c4CCN3c3nnc(-c4cnccn4)o3)cc12. The van der Waals surface area contributed by atoms with Gasteiger partial charge in [0.15, 0.2) is 0 Å². The lowest BCUT2D eigenvalue weighted by atomic mass is 10.00. The minimum absolute atomic E-state index is 0.0478. The van der Waals surface area contributed by atoms with E-state index in [4.69, 9.17) is 4.42 Å². The zero-order valence-electron chi connectivity index (χ0n) is 16.7. The average molecular weight is 453 g/mol. The molecule has 0 spiro atoms. The third-order valence-corrected chi connectivity index (χ3v) is 5.47. The van der Waals surface area contributed by atoms with Gasteiger partial charge in [-0.1, -0.05) is 5.10 Å². The predicted octanol–water partition coefficient (Wildman–Crippen LogP) is 3.07. The molecule has 1 aliphatic heterocycles. The van der Waals surface area contributed by atoms with Crippen molar-refractivity contribution in [2.45, 2.75) is 18.6 Å². The molecule has 13 heteroatoms. The summed E-state index contributed by atoms with van der Waals surface area (Å²) in [6.45, 7) is 0.460. The quantitative estimate of drug-likeness (QED) is 0.443. The van der Waals surface area contributed by atoms with Crippen LogP contribution >= 0.6 is 0 Å². The van der Waals surface area contributed by atoms with Crippen molar-refractivity contribution < 1.29 is 17.6 Å². The molecule has 5 aromatic heterocycles. The topological polar surface area (TPSA) is 114 Å². The van der Waals surface area contributed by atoms with Gasteiger partial charge in [0.2, 0.25) is 0 Å². The van der Waals surface area contributed by atoms with Gasteiger partial charge in [0.05, 0.1) is 35.0 Å². The number of aromatic nitrogens is 8. The molecule has 6 heterocycles. The standard InChI is InChI=1S/C20H14F3N9O/c21-20(22,23)11-2-1-6-32-15(11)8-13(30-32)17-16-12(26-10-27-16)3-7-31(17)19-29-28-18(33-19)14-9-24-4-5-25-14/h1-2,4-6,8-10,17H,3,7H2,(H,26,27)/t17-/m1/s1. The average Bonchev–Trinajstić information content (AvgIpc) is 3.56. The first-order valence-electron chi connectivity index (χ1n) is 9.93. The van der Waals surface area contributed by atoms with Crippen LogP contribution in [0.2, 0.25) is 0 Å². The zero-order valence-corrected chi connectivity index (χ0v) is 16.7. The predicted molar refractivity (Wildman–Crippen MR) is 107 cm³/mol. The number of aromatic amines is 1. The Morgan fingerprint density at radius 1 is 1.15 bits per heavy atom. The normalized spacial score (nSPS) is 16.3. The number of fused-ring (bicyclic) bond motifs is 2. The number of pyridine rings is 1. The first-order valence-corrected chi connectivity index (χ1v) is 9.93. The van der Waals surface area contributed by atoms with Crippen molar-refractivity contribution in [1.29, 1.82) is 0 Å². The lowest BCUT2D eigenvalue weighted by Crippen LogP contribution is -2.36. The van der Waals surface area contributed by atoms with Gasteiger partial charge in [-0.15, -0.1) is 5.10 Å². The number of halogens is 3. The van der Waals surface area contributed by atoms with Gasteiger partial charge < -0.3 is 14.3 Å². The molecular formula is C20H14F3N9O. The molecule has 6 rings (SSSR count). The highest BCUT2D eigenvalue weighted by atomic mass is 19.4. The van der Waals surface area contributed by atoms with Crippen molar-refractivity contribution >= 4 is 11.5 Å². The van der Waals surface area contributed by atoms with Crippen molar-refractivity contribution in [3.05, 3.63) is 72.0 Å². The number of rotatable bonds is 3. The number of anilines is 1. The molecular weight excluding hydrogens is 439 g/mol. The van der Waals surface area contributed by atoms with Gasteiger partial charge in [-0.05, 0) is 18.2 Å². The Labute approximate surface area is 183 Å². The van der Waals surface area contributed by atoms with E-state index in [1.165, 1.54) is 41.4 Å². The molecule has 0 saturated heterocycles. The lowest BCUT2D eigenvalue weighted by Gasteiger charge is -2.32. The Balaban J connectivity index is 1.47. The van der Waals surface area contributed by atoms with Crippen LogP contribution in [0.1, 0.15) is 28.7 Å². The highest BCUT2D eigenvalue weighted by Gasteiger charge is 2.38. The van der Waals surface area contributed by atoms with E-state index in [-0.39, 0.29) is 17.4 Å². The van der Waals surface area contributed by atoms with Gasteiger partial charge in [0.1, 0.15) is 11.7 Å². The molecule has 166 valence electrons. The Hall–Kier alpha value is -4.29. The Bertz CT molecular complexity index is 1440. The van der Waals surface area contributed by atoms with E-state index in [1.807, 2.05) is 0 Å². The molecule has 0 fully saturated rings. The molecule has 1 N–H and O–H groups in total. The number of hydrogen-bond donors (Lipinski definition) is 1. The molecule has 1 atom stereocenters. The second-order valence-corrected chi connectivity index (χ2v) is 7.41. The minimum atomic E-state index is -4.51. The fourth-order valence-electron chi connectivity index (χ4n) is 4.03. The van der Waals surface area contributed by atoms with Crippen molar-refractivity contribution in [3.8, 4) is 11.6 Å². The van der Waals surface area contributed by atoms with Crippen LogP contribution in [-0.4, -0.2) is 46.3 Å². The summed E-state index contributed by atoms with van der Waals surface area (Å²) in [4.78, 5) is 17.4. The Morgan fingerprint density at radius 2 is 2.06 bits per heavy atom. The van der Waals surface area contributed by atoms with Gasteiger partial charge in [0, 0.05) is 37.3 Å². The van der Waals surface area contributed by atoms with Crippen LogP contribution in [0.4, 0.5) is 19.2 Å². The molecule has 10 nitrogen and oxygen atoms in total. The van der Waals surface area contributed by atoms with E-state index in [0.717, 1.165) is 11.8 Å². The number of imidazole rings is 1. The molecule has 33 heavy (non-hydrogen) atoms. The van der Waals surface area contributed by atoms with Gasteiger partial charge >= 0.3 is 12.2 Å². The minimum Gasteiger partial charge on any atom is -0.401 e. The van der Waals surface area contributed by atoms with Crippen LogP contribution in [0.15, 0.2) is 53.7 Å². The fraction of sp³-hybridized carbons (Fsp3) is 0.200. The summed E-state index contributed by atoms with van der Waals surface area (Å²) in [5, 5.41) is 12.6. The zero-order chi connectivity index (χ0) is 22.6. The molecule has 0 radical (unpaired) electrons. The van der Waals surface area contributed by atoms with Crippen LogP contribution < -0.4 is 4.90 Å². The second kappa shape index (κ2) is 7.12. The van der Waals surface area contributed by atoms with Crippen LogP contribution in [0.25, 0.3) is 17.1 Å². The molecule has 0 amide bonds. The van der Waals surface area contributed by atoms with Crippen molar-refractivity contribution in [3.63, 3.8) is 0 Å². The summed E-state index contributed by atoms with van der Waals surface area (Å²) in [7, 11) is 0. The van der Waals surface area contributed by atoms with Gasteiger partial charge in [0.25, 0.3) is 5.89 Å². The van der Waals surface area contributed by atoms with E-state index < -0.39 is 17.8 Å². The highest BCUT2D eigenvalue weighted by molar-refractivity contribution is 5.59. The maximum absolute atomic E-state index is 13.6. The van der Waals surface area contributed by atoms with Gasteiger partial charge in [-0.25, -0.2) is 14.5 Å². The molecule has 0 bridgehead atoms.